The number of rotatable bonds is 2. The molecule has 0 saturated heterocycles. The Balaban J connectivity index is 2.04. The first-order chi connectivity index (χ1) is 9.15. The molecule has 1 aliphatic rings. The smallest absolute Gasteiger partial charge is 0.256 e. The summed E-state index contributed by atoms with van der Waals surface area (Å²) in [5.41, 5.74) is 1.15. The van der Waals surface area contributed by atoms with E-state index in [2.05, 4.69) is 5.32 Å². The van der Waals surface area contributed by atoms with Crippen LogP contribution < -0.4 is 5.32 Å². The van der Waals surface area contributed by atoms with Gasteiger partial charge in [-0.25, -0.2) is 4.39 Å². The summed E-state index contributed by atoms with van der Waals surface area (Å²) in [5.74, 6) is -1.08. The van der Waals surface area contributed by atoms with Crippen molar-refractivity contribution in [1.82, 2.24) is 0 Å². The minimum atomic E-state index is -0.440. The van der Waals surface area contributed by atoms with Gasteiger partial charge in [-0.15, -0.1) is 11.3 Å². The van der Waals surface area contributed by atoms with Gasteiger partial charge in [-0.3, -0.25) is 9.59 Å². The summed E-state index contributed by atoms with van der Waals surface area (Å²) < 4.78 is 13.2. The normalized spacial score (nSPS) is 15.4. The molecule has 3 nitrogen and oxygen atoms in total. The lowest BCUT2D eigenvalue weighted by Gasteiger charge is -1.97. The highest BCUT2D eigenvalue weighted by Gasteiger charge is 2.25. The van der Waals surface area contributed by atoms with E-state index in [1.807, 2.05) is 0 Å². The molecular formula is C14H8FNO2S. The Bertz CT molecular complexity index is 704. The summed E-state index contributed by atoms with van der Waals surface area (Å²) in [6.07, 6.45) is 1.26. The van der Waals surface area contributed by atoms with Gasteiger partial charge in [0.2, 0.25) is 0 Å². The zero-order chi connectivity index (χ0) is 13.4. The topological polar surface area (TPSA) is 46.2 Å². The Morgan fingerprint density at radius 2 is 2.16 bits per heavy atom. The van der Waals surface area contributed by atoms with Crippen LogP contribution in [0.15, 0.2) is 41.8 Å². The molecule has 94 valence electrons. The molecule has 2 aromatic rings. The van der Waals surface area contributed by atoms with E-state index in [0.29, 0.717) is 16.1 Å². The Labute approximate surface area is 112 Å². The van der Waals surface area contributed by atoms with Gasteiger partial charge < -0.3 is 5.32 Å². The fourth-order valence-electron chi connectivity index (χ4n) is 1.92. The van der Waals surface area contributed by atoms with Crippen molar-refractivity contribution < 1.29 is 14.0 Å². The van der Waals surface area contributed by atoms with Crippen molar-refractivity contribution in [3.05, 3.63) is 58.0 Å². The highest BCUT2D eigenvalue weighted by molar-refractivity contribution is 7.12. The summed E-state index contributed by atoms with van der Waals surface area (Å²) in [6.45, 7) is 0. The molecule has 0 fully saturated rings. The summed E-state index contributed by atoms with van der Waals surface area (Å²) in [4.78, 5) is 24.3. The molecule has 0 atom stereocenters. The highest BCUT2D eigenvalue weighted by atomic mass is 32.1. The lowest BCUT2D eigenvalue weighted by molar-refractivity contribution is -0.110. The molecule has 0 aliphatic carbocycles. The van der Waals surface area contributed by atoms with Gasteiger partial charge in [-0.1, -0.05) is 6.07 Å². The Morgan fingerprint density at radius 3 is 2.89 bits per heavy atom. The number of ketones is 1. The zero-order valence-electron chi connectivity index (χ0n) is 9.64. The average molecular weight is 273 g/mol. The van der Waals surface area contributed by atoms with Crippen LogP contribution in [0.1, 0.15) is 15.2 Å². The van der Waals surface area contributed by atoms with Crippen molar-refractivity contribution in [2.24, 2.45) is 0 Å². The number of nitrogens with one attached hydrogen (secondary N) is 1. The molecule has 5 heteroatoms. The highest BCUT2D eigenvalue weighted by Crippen LogP contribution is 2.32. The minimum Gasteiger partial charge on any atom is -0.321 e. The van der Waals surface area contributed by atoms with Crippen molar-refractivity contribution in [2.45, 2.75) is 0 Å². The van der Waals surface area contributed by atoms with E-state index in [9.17, 15) is 14.0 Å². The second-order valence-electron chi connectivity index (χ2n) is 4.04. The number of allylic oxidation sites excluding steroid dienone is 1. The molecule has 0 saturated carbocycles. The molecule has 1 aliphatic heterocycles. The maximum Gasteiger partial charge on any atom is 0.256 e. The molecule has 0 unspecified atom stereocenters. The third-order valence-corrected chi connectivity index (χ3v) is 3.69. The SMILES string of the molecule is O=C1Nc2ccc(F)cc2C1=CC(=O)c1cccs1. The molecule has 3 rings (SSSR count). The van der Waals surface area contributed by atoms with E-state index >= 15 is 0 Å². The van der Waals surface area contributed by atoms with Crippen LogP contribution in [0.5, 0.6) is 0 Å². The standard InChI is InChI=1S/C14H8FNO2S/c15-8-3-4-11-9(6-8)10(14(18)16-11)7-12(17)13-2-1-5-19-13/h1-7H,(H,16,18). The molecule has 0 radical (unpaired) electrons. The van der Waals surface area contributed by atoms with E-state index < -0.39 is 5.82 Å². The maximum absolute atomic E-state index is 13.2. The van der Waals surface area contributed by atoms with Crippen LogP contribution in [0.25, 0.3) is 5.57 Å². The first-order valence-corrected chi connectivity index (χ1v) is 6.44. The number of anilines is 1. The van der Waals surface area contributed by atoms with Crippen LogP contribution in [0.3, 0.4) is 0 Å². The van der Waals surface area contributed by atoms with Gasteiger partial charge in [-0.05, 0) is 29.6 Å². The molecule has 2 heterocycles. The molecule has 1 N–H and O–H groups in total. The largest absolute Gasteiger partial charge is 0.321 e. The van der Waals surface area contributed by atoms with Gasteiger partial charge >= 0.3 is 0 Å². The number of hydrogen-bond acceptors (Lipinski definition) is 3. The van der Waals surface area contributed by atoms with E-state index in [1.165, 1.54) is 35.6 Å². The molecular weight excluding hydrogens is 265 g/mol. The summed E-state index contributed by atoms with van der Waals surface area (Å²) in [7, 11) is 0. The lowest BCUT2D eigenvalue weighted by Crippen LogP contribution is -2.05. The molecule has 19 heavy (non-hydrogen) atoms. The number of carbonyl (C=O) groups is 2. The third-order valence-electron chi connectivity index (χ3n) is 2.80. The minimum absolute atomic E-state index is 0.202. The van der Waals surface area contributed by atoms with Gasteiger partial charge in [0.15, 0.2) is 5.78 Å². The number of amides is 1. The van der Waals surface area contributed by atoms with Crippen molar-refractivity contribution >= 4 is 34.3 Å². The number of halogens is 1. The number of hydrogen-bond donors (Lipinski definition) is 1. The first kappa shape index (κ1) is 11.8. The van der Waals surface area contributed by atoms with Gasteiger partial charge in [-0.2, -0.15) is 0 Å². The Kier molecular flexibility index (Phi) is 2.76. The maximum atomic E-state index is 13.2. The molecule has 1 aromatic heterocycles. The Morgan fingerprint density at radius 1 is 1.32 bits per heavy atom. The van der Waals surface area contributed by atoms with Gasteiger partial charge in [0.25, 0.3) is 5.91 Å². The van der Waals surface area contributed by atoms with Crippen LogP contribution in [0, 0.1) is 5.82 Å². The van der Waals surface area contributed by atoms with Gasteiger partial charge in [0, 0.05) is 17.3 Å². The quantitative estimate of drug-likeness (QED) is 0.675. The number of thiophene rings is 1. The predicted molar refractivity (Wildman–Crippen MR) is 71.7 cm³/mol. The molecule has 0 spiro atoms. The van der Waals surface area contributed by atoms with E-state index in [1.54, 1.807) is 17.5 Å². The third kappa shape index (κ3) is 2.08. The number of fused-ring (bicyclic) bond motifs is 1. The monoisotopic (exact) mass is 273 g/mol. The predicted octanol–water partition coefficient (Wildman–Crippen LogP) is 3.11. The number of benzene rings is 1. The fraction of sp³-hybridized carbons (Fsp3) is 0. The van der Waals surface area contributed by atoms with Crippen LogP contribution in [0.2, 0.25) is 0 Å². The van der Waals surface area contributed by atoms with Crippen LogP contribution in [-0.4, -0.2) is 11.7 Å². The van der Waals surface area contributed by atoms with Crippen molar-refractivity contribution in [1.29, 1.82) is 0 Å². The van der Waals surface area contributed by atoms with E-state index in [-0.39, 0.29) is 17.3 Å². The van der Waals surface area contributed by atoms with Crippen LogP contribution in [-0.2, 0) is 4.79 Å². The molecule has 1 aromatic carbocycles. The van der Waals surface area contributed by atoms with Gasteiger partial charge in [0.1, 0.15) is 5.82 Å². The fourth-order valence-corrected chi connectivity index (χ4v) is 2.56. The van der Waals surface area contributed by atoms with Crippen molar-refractivity contribution in [2.75, 3.05) is 5.32 Å². The van der Waals surface area contributed by atoms with Crippen molar-refractivity contribution in [3.63, 3.8) is 0 Å². The molecule has 0 bridgehead atoms. The second-order valence-corrected chi connectivity index (χ2v) is 4.99. The lowest BCUT2D eigenvalue weighted by atomic mass is 10.1. The van der Waals surface area contributed by atoms with E-state index in [0.717, 1.165) is 0 Å². The second kappa shape index (κ2) is 4.44. The van der Waals surface area contributed by atoms with Crippen LogP contribution in [0.4, 0.5) is 10.1 Å². The Hall–Kier alpha value is -2.27. The van der Waals surface area contributed by atoms with E-state index in [4.69, 9.17) is 0 Å². The van der Waals surface area contributed by atoms with Gasteiger partial charge in [0.05, 0.1) is 10.5 Å². The summed E-state index contributed by atoms with van der Waals surface area (Å²) in [5, 5.41) is 4.39. The first-order valence-electron chi connectivity index (χ1n) is 5.56. The summed E-state index contributed by atoms with van der Waals surface area (Å²) >= 11 is 1.30. The zero-order valence-corrected chi connectivity index (χ0v) is 10.5. The average Bonchev–Trinajstić information content (AvgIpc) is 2.99. The summed E-state index contributed by atoms with van der Waals surface area (Å²) in [6, 6.07) is 7.45. The number of carbonyl (C=O) groups excluding carboxylic acids is 2. The molecule has 1 amide bonds. The van der Waals surface area contributed by atoms with Crippen LogP contribution >= 0.6 is 11.3 Å². The van der Waals surface area contributed by atoms with Crippen molar-refractivity contribution in [3.8, 4) is 0 Å².